The standard InChI is InChI=1S/C28H28F3N3O5/c29-28(30,31)38-22-4-2-1-3-20(22)25-21(26(39-34-25)15-5-6-15)14-37-19-11-16-7-8-17(12-19)24(16)33-23-13-18(27(35)36)9-10-32-23/h1-4,9-10,13,15-17,19,24H,5-8,11-12,14H2,(H,32,33)(H,35,36). The van der Waals surface area contributed by atoms with Crippen LogP contribution in [0.15, 0.2) is 47.1 Å². The number of hydrogen-bond acceptors (Lipinski definition) is 7. The molecule has 0 amide bonds. The quantitative estimate of drug-likeness (QED) is 0.320. The Morgan fingerprint density at radius 2 is 1.85 bits per heavy atom. The molecule has 8 nitrogen and oxygen atoms in total. The molecule has 0 spiro atoms. The molecular formula is C28H28F3N3O5. The number of pyridine rings is 1. The number of nitrogens with one attached hydrogen (secondary N) is 1. The van der Waals surface area contributed by atoms with Crippen LogP contribution in [0, 0.1) is 11.8 Å². The number of hydrogen-bond donors (Lipinski definition) is 2. The molecule has 2 unspecified atom stereocenters. The Bertz CT molecular complexity index is 1340. The zero-order chi connectivity index (χ0) is 27.1. The van der Waals surface area contributed by atoms with Crippen LogP contribution in [0.5, 0.6) is 5.75 Å². The van der Waals surface area contributed by atoms with E-state index in [0.717, 1.165) is 38.5 Å². The van der Waals surface area contributed by atoms with E-state index in [0.29, 0.717) is 34.7 Å². The highest BCUT2D eigenvalue weighted by molar-refractivity contribution is 5.88. The molecule has 0 aliphatic heterocycles. The molecule has 6 rings (SSSR count). The molecular weight excluding hydrogens is 515 g/mol. The Hall–Kier alpha value is -3.60. The fraction of sp³-hybridized carbons (Fsp3) is 0.464. The summed E-state index contributed by atoms with van der Waals surface area (Å²) >= 11 is 0. The number of halogens is 3. The maximum Gasteiger partial charge on any atom is 0.573 e. The number of rotatable bonds is 9. The Kier molecular flexibility index (Phi) is 6.70. The van der Waals surface area contributed by atoms with Gasteiger partial charge in [0.2, 0.25) is 0 Å². The summed E-state index contributed by atoms with van der Waals surface area (Å²) in [5, 5.41) is 16.9. The largest absolute Gasteiger partial charge is 0.573 e. The predicted molar refractivity (Wildman–Crippen MR) is 133 cm³/mol. The summed E-state index contributed by atoms with van der Waals surface area (Å²) in [6.07, 6.45) is 2.25. The van der Waals surface area contributed by atoms with Crippen molar-refractivity contribution >= 4 is 11.8 Å². The zero-order valence-electron chi connectivity index (χ0n) is 21.0. The van der Waals surface area contributed by atoms with Crippen molar-refractivity contribution in [3.8, 4) is 17.0 Å². The van der Waals surface area contributed by atoms with Crippen LogP contribution >= 0.6 is 0 Å². The summed E-state index contributed by atoms with van der Waals surface area (Å²) in [5.41, 5.74) is 1.40. The highest BCUT2D eigenvalue weighted by atomic mass is 19.4. The second kappa shape index (κ2) is 10.2. The summed E-state index contributed by atoms with van der Waals surface area (Å²) in [5.74, 6) is 0.794. The van der Waals surface area contributed by atoms with Gasteiger partial charge in [0.25, 0.3) is 0 Å². The van der Waals surface area contributed by atoms with E-state index < -0.39 is 12.3 Å². The topological polar surface area (TPSA) is 107 Å². The number of anilines is 1. The molecule has 3 saturated carbocycles. The fourth-order valence-corrected chi connectivity index (χ4v) is 6.07. The van der Waals surface area contributed by atoms with Crippen LogP contribution < -0.4 is 10.1 Å². The minimum absolute atomic E-state index is 0.0182. The minimum atomic E-state index is -4.83. The van der Waals surface area contributed by atoms with E-state index in [2.05, 4.69) is 20.2 Å². The van der Waals surface area contributed by atoms with Gasteiger partial charge in [-0.2, -0.15) is 0 Å². The van der Waals surface area contributed by atoms with E-state index >= 15 is 0 Å². The van der Waals surface area contributed by atoms with Crippen molar-refractivity contribution in [1.29, 1.82) is 0 Å². The molecule has 0 saturated heterocycles. The summed E-state index contributed by atoms with van der Waals surface area (Å²) in [6, 6.07) is 9.14. The van der Waals surface area contributed by atoms with Crippen LogP contribution in [-0.4, -0.2) is 39.7 Å². The van der Waals surface area contributed by atoms with Crippen molar-refractivity contribution < 1.29 is 37.1 Å². The molecule has 1 aromatic carbocycles. The molecule has 3 aromatic rings. The minimum Gasteiger partial charge on any atom is -0.478 e. The first kappa shape index (κ1) is 25.7. The lowest BCUT2D eigenvalue weighted by Gasteiger charge is -2.36. The third-order valence-corrected chi connectivity index (χ3v) is 7.97. The summed E-state index contributed by atoms with van der Waals surface area (Å²) < 4.78 is 55.5. The lowest BCUT2D eigenvalue weighted by molar-refractivity contribution is -0.274. The van der Waals surface area contributed by atoms with Crippen molar-refractivity contribution in [2.45, 2.75) is 69.6 Å². The highest BCUT2D eigenvalue weighted by Crippen LogP contribution is 2.47. The fourth-order valence-electron chi connectivity index (χ4n) is 6.07. The highest BCUT2D eigenvalue weighted by Gasteiger charge is 2.44. The number of fused-ring (bicyclic) bond motifs is 2. The van der Waals surface area contributed by atoms with Gasteiger partial charge in [-0.1, -0.05) is 17.3 Å². The van der Waals surface area contributed by atoms with Gasteiger partial charge in [-0.15, -0.1) is 13.2 Å². The Labute approximate surface area is 222 Å². The summed E-state index contributed by atoms with van der Waals surface area (Å²) in [6.45, 7) is 0.190. The SMILES string of the molecule is O=C(O)c1ccnc(NC2C3CCC2CC(OCc2c(-c4ccccc4OC(F)(F)F)noc2C2CC2)C3)c1. The van der Waals surface area contributed by atoms with Gasteiger partial charge in [0.15, 0.2) is 0 Å². The lowest BCUT2D eigenvalue weighted by Crippen LogP contribution is -2.39. The average Bonchev–Trinajstić information content (AvgIpc) is 3.61. The van der Waals surface area contributed by atoms with Gasteiger partial charge in [0, 0.05) is 29.3 Å². The first-order valence-electron chi connectivity index (χ1n) is 13.2. The molecule has 3 aliphatic carbocycles. The molecule has 2 aromatic heterocycles. The van der Waals surface area contributed by atoms with E-state index in [1.54, 1.807) is 18.2 Å². The van der Waals surface area contributed by atoms with Gasteiger partial charge >= 0.3 is 12.3 Å². The molecule has 11 heteroatoms. The van der Waals surface area contributed by atoms with Crippen LogP contribution in [0.25, 0.3) is 11.3 Å². The number of carbonyl (C=O) groups is 1. The monoisotopic (exact) mass is 543 g/mol. The maximum absolute atomic E-state index is 13.0. The maximum atomic E-state index is 13.0. The summed E-state index contributed by atoms with van der Waals surface area (Å²) in [4.78, 5) is 15.6. The number of carboxylic acids is 1. The van der Waals surface area contributed by atoms with E-state index in [1.165, 1.54) is 24.4 Å². The van der Waals surface area contributed by atoms with E-state index in [1.807, 2.05) is 0 Å². The molecule has 2 N–H and O–H groups in total. The molecule has 0 radical (unpaired) electrons. The molecule has 2 heterocycles. The zero-order valence-corrected chi connectivity index (χ0v) is 21.0. The van der Waals surface area contributed by atoms with Crippen LogP contribution in [-0.2, 0) is 11.3 Å². The third kappa shape index (κ3) is 5.59. The smallest absolute Gasteiger partial charge is 0.478 e. The number of alkyl halides is 3. The normalized spacial score (nSPS) is 24.5. The Morgan fingerprint density at radius 1 is 1.10 bits per heavy atom. The second-order valence-corrected chi connectivity index (χ2v) is 10.6. The third-order valence-electron chi connectivity index (χ3n) is 7.97. The van der Waals surface area contributed by atoms with Gasteiger partial charge in [-0.3, -0.25) is 0 Å². The molecule has 3 aliphatic rings. The van der Waals surface area contributed by atoms with E-state index in [-0.39, 0.29) is 41.5 Å². The lowest BCUT2D eigenvalue weighted by atomic mass is 9.82. The number of ether oxygens (including phenoxy) is 2. The average molecular weight is 544 g/mol. The van der Waals surface area contributed by atoms with Gasteiger partial charge in [0.1, 0.15) is 23.0 Å². The first-order valence-corrected chi connectivity index (χ1v) is 13.2. The number of nitrogens with zero attached hydrogens (tertiary/aromatic N) is 2. The van der Waals surface area contributed by atoms with Crippen LogP contribution in [0.3, 0.4) is 0 Å². The summed E-state index contributed by atoms with van der Waals surface area (Å²) in [7, 11) is 0. The molecule has 39 heavy (non-hydrogen) atoms. The van der Waals surface area contributed by atoms with Crippen molar-refractivity contribution in [2.24, 2.45) is 11.8 Å². The van der Waals surface area contributed by atoms with Crippen molar-refractivity contribution in [3.05, 3.63) is 59.5 Å². The number of aromatic carboxylic acids is 1. The number of aromatic nitrogens is 2. The number of benzene rings is 1. The van der Waals surface area contributed by atoms with Crippen LogP contribution in [0.1, 0.15) is 66.1 Å². The van der Waals surface area contributed by atoms with Gasteiger partial charge in [-0.25, -0.2) is 9.78 Å². The van der Waals surface area contributed by atoms with Crippen LogP contribution in [0.4, 0.5) is 19.0 Å². The number of para-hydroxylation sites is 1. The second-order valence-electron chi connectivity index (χ2n) is 10.6. The van der Waals surface area contributed by atoms with Crippen molar-refractivity contribution in [2.75, 3.05) is 5.32 Å². The number of carboxylic acid groups (broad SMARTS) is 1. The first-order chi connectivity index (χ1) is 18.7. The van der Waals surface area contributed by atoms with E-state index in [9.17, 15) is 23.1 Å². The predicted octanol–water partition coefficient (Wildman–Crippen LogP) is 6.40. The van der Waals surface area contributed by atoms with E-state index in [4.69, 9.17) is 9.26 Å². The van der Waals surface area contributed by atoms with Crippen molar-refractivity contribution in [3.63, 3.8) is 0 Å². The Balaban J connectivity index is 1.16. The van der Waals surface area contributed by atoms with Gasteiger partial charge in [0.05, 0.1) is 18.3 Å². The van der Waals surface area contributed by atoms with Crippen LogP contribution in [0.2, 0.25) is 0 Å². The molecule has 2 atom stereocenters. The van der Waals surface area contributed by atoms with Crippen molar-refractivity contribution in [1.82, 2.24) is 10.1 Å². The molecule has 2 bridgehead atoms. The van der Waals surface area contributed by atoms with Gasteiger partial charge < -0.3 is 24.4 Å². The molecule has 206 valence electrons. The Morgan fingerprint density at radius 3 is 2.54 bits per heavy atom. The van der Waals surface area contributed by atoms with Gasteiger partial charge in [-0.05, 0) is 74.6 Å². The molecule has 3 fully saturated rings.